The van der Waals surface area contributed by atoms with E-state index in [2.05, 4.69) is 29.1 Å². The molecule has 1 atom stereocenters. The Bertz CT molecular complexity index is 212. The summed E-state index contributed by atoms with van der Waals surface area (Å²) in [6.45, 7) is 8.70. The fourth-order valence-electron chi connectivity index (χ4n) is 3.28. The molecular weight excluding hydrogens is 210 g/mol. The second kappa shape index (κ2) is 6.72. The van der Waals surface area contributed by atoms with Crippen molar-refractivity contribution in [2.24, 2.45) is 0 Å². The molecule has 0 bridgehead atoms. The van der Waals surface area contributed by atoms with Crippen molar-refractivity contribution >= 4 is 0 Å². The predicted octanol–water partition coefficient (Wildman–Crippen LogP) is 1.54. The topological polar surface area (TPSA) is 18.5 Å². The molecule has 3 nitrogen and oxygen atoms in total. The van der Waals surface area contributed by atoms with Crippen LogP contribution in [0.25, 0.3) is 0 Å². The van der Waals surface area contributed by atoms with Gasteiger partial charge in [0.25, 0.3) is 0 Å². The van der Waals surface area contributed by atoms with Crippen LogP contribution in [0.5, 0.6) is 0 Å². The molecule has 0 radical (unpaired) electrons. The first-order valence-electron chi connectivity index (χ1n) is 7.45. The van der Waals surface area contributed by atoms with Gasteiger partial charge in [-0.1, -0.05) is 6.92 Å². The second-order valence-corrected chi connectivity index (χ2v) is 5.88. The van der Waals surface area contributed by atoms with E-state index in [4.69, 9.17) is 0 Å². The Kier molecular flexibility index (Phi) is 5.26. The Morgan fingerprint density at radius 1 is 1.06 bits per heavy atom. The molecule has 2 heterocycles. The number of nitrogens with zero attached hydrogens (tertiary/aromatic N) is 2. The Balaban J connectivity index is 1.67. The van der Waals surface area contributed by atoms with Gasteiger partial charge in [0.05, 0.1) is 0 Å². The minimum Gasteiger partial charge on any atom is -0.310 e. The standard InChI is InChI=1S/C14H29N3/c1-3-8-17-10-6-13(7-11-17)15-14-5-4-9-16(2)12-14/h13-15H,3-12H2,1-2H3. The largest absolute Gasteiger partial charge is 0.310 e. The highest BCUT2D eigenvalue weighted by Gasteiger charge is 2.23. The summed E-state index contributed by atoms with van der Waals surface area (Å²) in [5, 5.41) is 3.88. The third-order valence-electron chi connectivity index (χ3n) is 4.22. The van der Waals surface area contributed by atoms with E-state index in [0.29, 0.717) is 0 Å². The normalized spacial score (nSPS) is 29.6. The third kappa shape index (κ3) is 4.23. The number of hydrogen-bond acceptors (Lipinski definition) is 3. The average Bonchev–Trinajstić information content (AvgIpc) is 2.32. The predicted molar refractivity (Wildman–Crippen MR) is 73.4 cm³/mol. The molecule has 0 saturated carbocycles. The van der Waals surface area contributed by atoms with Crippen LogP contribution in [-0.2, 0) is 0 Å². The third-order valence-corrected chi connectivity index (χ3v) is 4.22. The van der Waals surface area contributed by atoms with Crippen molar-refractivity contribution in [2.75, 3.05) is 39.8 Å². The summed E-state index contributed by atoms with van der Waals surface area (Å²) in [6.07, 6.45) is 6.73. The van der Waals surface area contributed by atoms with Gasteiger partial charge >= 0.3 is 0 Å². The Hall–Kier alpha value is -0.120. The zero-order valence-corrected chi connectivity index (χ0v) is 11.6. The van der Waals surface area contributed by atoms with Crippen molar-refractivity contribution in [3.8, 4) is 0 Å². The first-order chi connectivity index (χ1) is 8.28. The van der Waals surface area contributed by atoms with Crippen LogP contribution in [0.4, 0.5) is 0 Å². The highest BCUT2D eigenvalue weighted by molar-refractivity contribution is 4.83. The molecule has 3 heteroatoms. The Labute approximate surface area is 107 Å². The van der Waals surface area contributed by atoms with Crippen LogP contribution in [-0.4, -0.2) is 61.7 Å². The number of nitrogens with one attached hydrogen (secondary N) is 1. The smallest absolute Gasteiger partial charge is 0.0197 e. The van der Waals surface area contributed by atoms with E-state index in [0.717, 1.165) is 12.1 Å². The van der Waals surface area contributed by atoms with Gasteiger partial charge in [-0.25, -0.2) is 0 Å². The van der Waals surface area contributed by atoms with Crippen LogP contribution in [0.1, 0.15) is 39.0 Å². The first-order valence-corrected chi connectivity index (χ1v) is 7.45. The molecule has 0 aromatic heterocycles. The quantitative estimate of drug-likeness (QED) is 0.803. The molecule has 2 saturated heterocycles. The molecular formula is C14H29N3. The highest BCUT2D eigenvalue weighted by atomic mass is 15.2. The fourth-order valence-corrected chi connectivity index (χ4v) is 3.28. The molecule has 0 amide bonds. The number of rotatable bonds is 4. The van der Waals surface area contributed by atoms with Crippen molar-refractivity contribution in [3.63, 3.8) is 0 Å². The van der Waals surface area contributed by atoms with Crippen LogP contribution >= 0.6 is 0 Å². The summed E-state index contributed by atoms with van der Waals surface area (Å²) in [5.74, 6) is 0. The van der Waals surface area contributed by atoms with E-state index < -0.39 is 0 Å². The number of hydrogen-bond donors (Lipinski definition) is 1. The summed E-state index contributed by atoms with van der Waals surface area (Å²) < 4.78 is 0. The average molecular weight is 239 g/mol. The molecule has 1 N–H and O–H groups in total. The van der Waals surface area contributed by atoms with Gasteiger partial charge in [-0.15, -0.1) is 0 Å². The summed E-state index contributed by atoms with van der Waals surface area (Å²) in [5.41, 5.74) is 0. The van der Waals surface area contributed by atoms with Crippen LogP contribution in [0.2, 0.25) is 0 Å². The molecule has 0 spiro atoms. The van der Waals surface area contributed by atoms with Crippen LogP contribution in [0, 0.1) is 0 Å². The lowest BCUT2D eigenvalue weighted by Gasteiger charge is -2.37. The van der Waals surface area contributed by atoms with Crippen molar-refractivity contribution < 1.29 is 0 Å². The molecule has 2 aliphatic heterocycles. The van der Waals surface area contributed by atoms with Crippen molar-refractivity contribution in [1.82, 2.24) is 15.1 Å². The number of likely N-dealkylation sites (N-methyl/N-ethyl adjacent to an activating group) is 1. The second-order valence-electron chi connectivity index (χ2n) is 5.88. The van der Waals surface area contributed by atoms with E-state index in [9.17, 15) is 0 Å². The highest BCUT2D eigenvalue weighted by Crippen LogP contribution is 2.14. The van der Waals surface area contributed by atoms with E-state index in [1.807, 2.05) is 0 Å². The van der Waals surface area contributed by atoms with Gasteiger partial charge in [0.2, 0.25) is 0 Å². The molecule has 0 aromatic carbocycles. The minimum absolute atomic E-state index is 0.747. The van der Waals surface area contributed by atoms with Crippen molar-refractivity contribution in [3.05, 3.63) is 0 Å². The van der Waals surface area contributed by atoms with Gasteiger partial charge in [0.1, 0.15) is 0 Å². The SMILES string of the molecule is CCCN1CCC(NC2CCCN(C)C2)CC1. The van der Waals surface area contributed by atoms with Gasteiger partial charge in [-0.3, -0.25) is 0 Å². The summed E-state index contributed by atoms with van der Waals surface area (Å²) in [7, 11) is 2.25. The zero-order chi connectivity index (χ0) is 12.1. The number of likely N-dealkylation sites (tertiary alicyclic amines) is 2. The number of piperidine rings is 2. The molecule has 0 aromatic rings. The van der Waals surface area contributed by atoms with E-state index >= 15 is 0 Å². The molecule has 2 rings (SSSR count). The summed E-state index contributed by atoms with van der Waals surface area (Å²) in [4.78, 5) is 5.08. The van der Waals surface area contributed by atoms with Gasteiger partial charge in [0.15, 0.2) is 0 Å². The van der Waals surface area contributed by atoms with Gasteiger partial charge in [-0.2, -0.15) is 0 Å². The van der Waals surface area contributed by atoms with Crippen LogP contribution < -0.4 is 5.32 Å². The minimum atomic E-state index is 0.747. The summed E-state index contributed by atoms with van der Waals surface area (Å²) >= 11 is 0. The van der Waals surface area contributed by atoms with E-state index in [1.165, 1.54) is 64.8 Å². The lowest BCUT2D eigenvalue weighted by molar-refractivity contribution is 0.166. The molecule has 2 aliphatic rings. The Morgan fingerprint density at radius 2 is 1.82 bits per heavy atom. The van der Waals surface area contributed by atoms with Gasteiger partial charge in [0, 0.05) is 18.6 Å². The molecule has 100 valence electrons. The van der Waals surface area contributed by atoms with Gasteiger partial charge < -0.3 is 15.1 Å². The molecule has 17 heavy (non-hydrogen) atoms. The van der Waals surface area contributed by atoms with Crippen molar-refractivity contribution in [2.45, 2.75) is 51.1 Å². The maximum absolute atomic E-state index is 3.88. The molecule has 1 unspecified atom stereocenters. The summed E-state index contributed by atoms with van der Waals surface area (Å²) in [6, 6.07) is 1.52. The fraction of sp³-hybridized carbons (Fsp3) is 1.00. The monoisotopic (exact) mass is 239 g/mol. The van der Waals surface area contributed by atoms with Crippen LogP contribution in [0.3, 0.4) is 0 Å². The maximum Gasteiger partial charge on any atom is 0.0197 e. The lowest BCUT2D eigenvalue weighted by Crippen LogP contribution is -2.51. The van der Waals surface area contributed by atoms with Crippen molar-refractivity contribution in [1.29, 1.82) is 0 Å². The van der Waals surface area contributed by atoms with E-state index in [1.54, 1.807) is 0 Å². The molecule has 0 aliphatic carbocycles. The van der Waals surface area contributed by atoms with Gasteiger partial charge in [-0.05, 0) is 65.3 Å². The van der Waals surface area contributed by atoms with E-state index in [-0.39, 0.29) is 0 Å². The van der Waals surface area contributed by atoms with Crippen LogP contribution in [0.15, 0.2) is 0 Å². The Morgan fingerprint density at radius 3 is 2.47 bits per heavy atom. The zero-order valence-electron chi connectivity index (χ0n) is 11.6. The lowest BCUT2D eigenvalue weighted by atomic mass is 10.0. The first kappa shape index (κ1) is 13.3. The molecule has 2 fully saturated rings. The maximum atomic E-state index is 3.88.